The Bertz CT molecular complexity index is 1070. The fraction of sp³-hybridized carbons (Fsp3) is 0.0625. The van der Waals surface area contributed by atoms with Gasteiger partial charge in [-0.2, -0.15) is 13.4 Å². The molecule has 2 aliphatic rings. The second kappa shape index (κ2) is 6.11. The van der Waals surface area contributed by atoms with Crippen molar-refractivity contribution in [3.05, 3.63) is 53.6 Å². The first-order valence-electron chi connectivity index (χ1n) is 7.55. The van der Waals surface area contributed by atoms with E-state index in [0.717, 1.165) is 0 Å². The number of halogens is 1. The van der Waals surface area contributed by atoms with Gasteiger partial charge in [0.25, 0.3) is 16.0 Å². The molecule has 0 saturated carbocycles. The number of carbonyl (C=O) groups is 1. The number of anilines is 2. The van der Waals surface area contributed by atoms with Gasteiger partial charge in [-0.1, -0.05) is 35.9 Å². The Hall–Kier alpha value is -2.91. The molecule has 0 unspecified atom stereocenters. The van der Waals surface area contributed by atoms with Crippen molar-refractivity contribution in [2.75, 3.05) is 16.9 Å². The molecule has 1 N–H and O–H groups in total. The van der Waals surface area contributed by atoms with Crippen LogP contribution in [0.15, 0.2) is 62.8 Å². The number of guanidine groups is 1. The lowest BCUT2D eigenvalue weighted by molar-refractivity contribution is -0.116. The molecule has 132 valence electrons. The zero-order valence-electron chi connectivity index (χ0n) is 13.2. The number of benzene rings is 2. The summed E-state index contributed by atoms with van der Waals surface area (Å²) in [7, 11) is -3.81. The van der Waals surface area contributed by atoms with Crippen LogP contribution in [0.4, 0.5) is 11.4 Å². The standard InChI is InChI=1S/C16H12ClN5O3S/c17-11-5-1-2-6-12(11)19-15(23)9-21-10-18-16-20-26(24,25)14-8-4-3-7-13(14)22(16)21/h1-8,10H,9H2,(H,19,23). The van der Waals surface area contributed by atoms with Gasteiger partial charge < -0.3 is 5.32 Å². The number of rotatable bonds is 3. The molecule has 0 saturated heterocycles. The highest BCUT2D eigenvalue weighted by Gasteiger charge is 2.36. The quantitative estimate of drug-likeness (QED) is 0.867. The van der Waals surface area contributed by atoms with E-state index < -0.39 is 10.0 Å². The SMILES string of the molecule is O=C(CN1C=NC2=NS(=O)(=O)c3ccccc3N21)Nc1ccccc1Cl. The summed E-state index contributed by atoms with van der Waals surface area (Å²) < 4.78 is 28.1. The van der Waals surface area contributed by atoms with Crippen molar-refractivity contribution in [3.8, 4) is 0 Å². The summed E-state index contributed by atoms with van der Waals surface area (Å²) in [6, 6.07) is 13.3. The second-order valence-corrected chi connectivity index (χ2v) is 7.50. The number of aliphatic imine (C=N–C) groups is 1. The molecule has 2 aromatic rings. The minimum atomic E-state index is -3.81. The van der Waals surface area contributed by atoms with Crippen LogP contribution in [-0.4, -0.2) is 38.2 Å². The van der Waals surface area contributed by atoms with E-state index in [2.05, 4.69) is 14.7 Å². The third-order valence-corrected chi connectivity index (χ3v) is 5.41. The molecule has 2 heterocycles. The molecule has 26 heavy (non-hydrogen) atoms. The number of para-hydroxylation sites is 2. The number of amides is 1. The predicted octanol–water partition coefficient (Wildman–Crippen LogP) is 2.10. The molecule has 0 aliphatic carbocycles. The van der Waals surface area contributed by atoms with Crippen LogP contribution in [0.1, 0.15) is 0 Å². The van der Waals surface area contributed by atoms with Crippen LogP contribution in [0.3, 0.4) is 0 Å². The van der Waals surface area contributed by atoms with Crippen LogP contribution in [0.25, 0.3) is 0 Å². The van der Waals surface area contributed by atoms with Crippen LogP contribution in [-0.2, 0) is 14.8 Å². The van der Waals surface area contributed by atoms with Crippen molar-refractivity contribution in [1.29, 1.82) is 0 Å². The highest BCUT2D eigenvalue weighted by molar-refractivity contribution is 7.90. The molecule has 0 fully saturated rings. The van der Waals surface area contributed by atoms with E-state index >= 15 is 0 Å². The Balaban J connectivity index is 1.59. The van der Waals surface area contributed by atoms with Gasteiger partial charge in [0.2, 0.25) is 5.91 Å². The van der Waals surface area contributed by atoms with Crippen molar-refractivity contribution in [1.82, 2.24) is 5.01 Å². The average Bonchev–Trinajstić information content (AvgIpc) is 2.99. The summed E-state index contributed by atoms with van der Waals surface area (Å²) in [5.74, 6) is -0.342. The Morgan fingerprint density at radius 3 is 2.65 bits per heavy atom. The molecule has 0 atom stereocenters. The average molecular weight is 390 g/mol. The molecular weight excluding hydrogens is 378 g/mol. The number of nitrogens with zero attached hydrogens (tertiary/aromatic N) is 4. The van der Waals surface area contributed by atoms with Gasteiger partial charge in [0, 0.05) is 0 Å². The van der Waals surface area contributed by atoms with Gasteiger partial charge in [-0.25, -0.2) is 5.01 Å². The number of hydrogen-bond acceptors (Lipinski definition) is 6. The number of nitrogens with one attached hydrogen (secondary N) is 1. The first kappa shape index (κ1) is 16.6. The molecule has 4 rings (SSSR count). The van der Waals surface area contributed by atoms with Gasteiger partial charge >= 0.3 is 0 Å². The normalized spacial score (nSPS) is 16.7. The lowest BCUT2D eigenvalue weighted by Crippen LogP contribution is -2.46. The zero-order chi connectivity index (χ0) is 18.3. The van der Waals surface area contributed by atoms with Crippen LogP contribution in [0.2, 0.25) is 5.02 Å². The molecule has 0 radical (unpaired) electrons. The molecule has 2 aliphatic heterocycles. The third-order valence-electron chi connectivity index (χ3n) is 3.78. The predicted molar refractivity (Wildman–Crippen MR) is 98.8 cm³/mol. The summed E-state index contributed by atoms with van der Waals surface area (Å²) in [5, 5.41) is 6.11. The van der Waals surface area contributed by atoms with Crippen LogP contribution >= 0.6 is 11.6 Å². The third kappa shape index (κ3) is 2.80. The van der Waals surface area contributed by atoms with E-state index in [1.54, 1.807) is 42.5 Å². The Morgan fingerprint density at radius 2 is 1.85 bits per heavy atom. The molecule has 0 bridgehead atoms. The van der Waals surface area contributed by atoms with Crippen molar-refractivity contribution in [2.45, 2.75) is 4.90 Å². The molecule has 0 aromatic heterocycles. The van der Waals surface area contributed by atoms with Gasteiger partial charge in [0.1, 0.15) is 17.8 Å². The lowest BCUT2D eigenvalue weighted by Gasteiger charge is -2.31. The van der Waals surface area contributed by atoms with Crippen LogP contribution < -0.4 is 10.3 Å². The van der Waals surface area contributed by atoms with Gasteiger partial charge in [-0.3, -0.25) is 9.80 Å². The Kier molecular flexibility index (Phi) is 3.89. The van der Waals surface area contributed by atoms with E-state index in [4.69, 9.17) is 11.6 Å². The maximum Gasteiger partial charge on any atom is 0.287 e. The summed E-state index contributed by atoms with van der Waals surface area (Å²) in [4.78, 5) is 16.4. The largest absolute Gasteiger partial charge is 0.323 e. The minimum absolute atomic E-state index is 0.00533. The Morgan fingerprint density at radius 1 is 1.12 bits per heavy atom. The van der Waals surface area contributed by atoms with Gasteiger partial charge in [0.05, 0.1) is 16.4 Å². The number of hydrazine groups is 1. The summed E-state index contributed by atoms with van der Waals surface area (Å²) in [5.41, 5.74) is 0.881. The highest BCUT2D eigenvalue weighted by atomic mass is 35.5. The smallest absolute Gasteiger partial charge is 0.287 e. The van der Waals surface area contributed by atoms with Crippen molar-refractivity contribution in [2.24, 2.45) is 9.39 Å². The molecule has 0 spiro atoms. The van der Waals surface area contributed by atoms with Crippen LogP contribution in [0, 0.1) is 0 Å². The monoisotopic (exact) mass is 389 g/mol. The number of fused-ring (bicyclic) bond motifs is 3. The van der Waals surface area contributed by atoms with Gasteiger partial charge in [0.15, 0.2) is 0 Å². The lowest BCUT2D eigenvalue weighted by atomic mass is 10.3. The van der Waals surface area contributed by atoms with Gasteiger partial charge in [-0.05, 0) is 24.3 Å². The number of hydrogen-bond donors (Lipinski definition) is 1. The van der Waals surface area contributed by atoms with E-state index in [9.17, 15) is 13.2 Å². The maximum absolute atomic E-state index is 12.4. The first-order chi connectivity index (χ1) is 12.5. The van der Waals surface area contributed by atoms with E-state index in [1.807, 2.05) is 0 Å². The maximum atomic E-state index is 12.4. The number of sulfonamides is 1. The van der Waals surface area contributed by atoms with Crippen molar-refractivity contribution < 1.29 is 13.2 Å². The molecule has 10 heteroatoms. The first-order valence-corrected chi connectivity index (χ1v) is 9.37. The molecule has 2 aromatic carbocycles. The summed E-state index contributed by atoms with van der Waals surface area (Å²) >= 11 is 6.04. The fourth-order valence-corrected chi connectivity index (χ4v) is 3.96. The molecular formula is C16H12ClN5O3S. The zero-order valence-corrected chi connectivity index (χ0v) is 14.8. The van der Waals surface area contributed by atoms with Crippen molar-refractivity contribution in [3.63, 3.8) is 0 Å². The summed E-state index contributed by atoms with van der Waals surface area (Å²) in [6.07, 6.45) is 1.36. The summed E-state index contributed by atoms with van der Waals surface area (Å²) in [6.45, 7) is -0.0951. The van der Waals surface area contributed by atoms with Crippen LogP contribution in [0.5, 0.6) is 0 Å². The minimum Gasteiger partial charge on any atom is -0.323 e. The molecule has 1 amide bonds. The number of carbonyl (C=O) groups excluding carboxylic acids is 1. The van der Waals surface area contributed by atoms with E-state index in [0.29, 0.717) is 16.4 Å². The second-order valence-electron chi connectivity index (χ2n) is 5.52. The highest BCUT2D eigenvalue weighted by Crippen LogP contribution is 2.33. The Labute approximate surface area is 154 Å². The fourth-order valence-electron chi connectivity index (χ4n) is 2.67. The van der Waals surface area contributed by atoms with E-state index in [-0.39, 0.29) is 23.3 Å². The topological polar surface area (TPSA) is 94.4 Å². The van der Waals surface area contributed by atoms with E-state index in [1.165, 1.54) is 22.4 Å². The molecule has 8 nitrogen and oxygen atoms in total. The van der Waals surface area contributed by atoms with Gasteiger partial charge in [-0.15, -0.1) is 4.40 Å². The van der Waals surface area contributed by atoms with Crippen molar-refractivity contribution >= 4 is 51.2 Å².